The molecule has 2 N–H and O–H groups in total. The van der Waals surface area contributed by atoms with Gasteiger partial charge in [0.1, 0.15) is 17.4 Å². The van der Waals surface area contributed by atoms with E-state index in [2.05, 4.69) is 5.32 Å². The van der Waals surface area contributed by atoms with Gasteiger partial charge >= 0.3 is 5.97 Å². The molecular weight excluding hydrogens is 358 g/mol. The maximum atomic E-state index is 12.5. The molecule has 0 saturated carbocycles. The minimum atomic E-state index is -1.07. The fourth-order valence-corrected chi connectivity index (χ4v) is 3.41. The van der Waals surface area contributed by atoms with Crippen LogP contribution in [0, 0.1) is 0 Å². The Morgan fingerprint density at radius 3 is 2.54 bits per heavy atom. The van der Waals surface area contributed by atoms with Crippen molar-refractivity contribution < 1.29 is 24.2 Å². The molecule has 0 radical (unpaired) electrons. The summed E-state index contributed by atoms with van der Waals surface area (Å²) in [6.45, 7) is 2.22. The molecule has 28 heavy (non-hydrogen) atoms. The number of benzene rings is 2. The average Bonchev–Trinajstić information content (AvgIpc) is 3.16. The Hall–Kier alpha value is -2.86. The molecule has 148 valence electrons. The van der Waals surface area contributed by atoms with Crippen molar-refractivity contribution in [2.24, 2.45) is 0 Å². The van der Waals surface area contributed by atoms with Gasteiger partial charge in [0.15, 0.2) is 0 Å². The predicted molar refractivity (Wildman–Crippen MR) is 105 cm³/mol. The summed E-state index contributed by atoms with van der Waals surface area (Å²) in [7, 11) is 1.63. The molecule has 0 spiro atoms. The van der Waals surface area contributed by atoms with Gasteiger partial charge in [0, 0.05) is 18.6 Å². The average molecular weight is 383 g/mol. The van der Waals surface area contributed by atoms with Gasteiger partial charge in [-0.25, -0.2) is 4.79 Å². The molecule has 2 atom stereocenters. The largest absolute Gasteiger partial charge is 0.496 e. The Bertz CT molecular complexity index is 840. The van der Waals surface area contributed by atoms with Crippen molar-refractivity contribution in [1.29, 1.82) is 0 Å². The van der Waals surface area contributed by atoms with Gasteiger partial charge in [0.05, 0.1) is 7.11 Å². The van der Waals surface area contributed by atoms with E-state index in [1.807, 2.05) is 48.5 Å². The number of nitrogens with one attached hydrogen (secondary N) is 1. The molecule has 6 nitrogen and oxygen atoms in total. The van der Waals surface area contributed by atoms with Crippen LogP contribution in [0.2, 0.25) is 0 Å². The quantitative estimate of drug-likeness (QED) is 0.768. The third-order valence-electron chi connectivity index (χ3n) is 5.11. The molecule has 1 aliphatic heterocycles. The Kier molecular flexibility index (Phi) is 5.99. The Morgan fingerprint density at radius 1 is 1.21 bits per heavy atom. The van der Waals surface area contributed by atoms with Crippen LogP contribution in [0.25, 0.3) is 11.1 Å². The SMILES string of the molecule is COc1ccccc1-c1ccc(C[C@@H](NC(=O)[C@@]2(C)CCCO2)C(=O)O)cc1. The first-order valence-electron chi connectivity index (χ1n) is 9.33. The minimum absolute atomic E-state index is 0.198. The third kappa shape index (κ3) is 4.34. The van der Waals surface area contributed by atoms with Crippen molar-refractivity contribution in [1.82, 2.24) is 5.32 Å². The number of para-hydroxylation sites is 1. The van der Waals surface area contributed by atoms with Crippen molar-refractivity contribution in [3.05, 3.63) is 54.1 Å². The van der Waals surface area contributed by atoms with E-state index in [1.54, 1.807) is 14.0 Å². The lowest BCUT2D eigenvalue weighted by Gasteiger charge is -2.24. The molecule has 0 bridgehead atoms. The van der Waals surface area contributed by atoms with Gasteiger partial charge in [-0.1, -0.05) is 42.5 Å². The van der Waals surface area contributed by atoms with Crippen LogP contribution in [-0.4, -0.2) is 42.3 Å². The van der Waals surface area contributed by atoms with Gasteiger partial charge in [-0.15, -0.1) is 0 Å². The highest BCUT2D eigenvalue weighted by Crippen LogP contribution is 2.30. The molecule has 2 aromatic carbocycles. The van der Waals surface area contributed by atoms with E-state index in [9.17, 15) is 14.7 Å². The fourth-order valence-electron chi connectivity index (χ4n) is 3.41. The number of carboxylic acids is 1. The molecule has 1 heterocycles. The summed E-state index contributed by atoms with van der Waals surface area (Å²) in [4.78, 5) is 24.1. The highest BCUT2D eigenvalue weighted by molar-refractivity contribution is 5.89. The normalized spacial score (nSPS) is 19.8. The van der Waals surface area contributed by atoms with E-state index >= 15 is 0 Å². The molecule has 1 fully saturated rings. The number of aliphatic carboxylic acids is 1. The maximum absolute atomic E-state index is 12.5. The number of rotatable bonds is 7. The van der Waals surface area contributed by atoms with Crippen molar-refractivity contribution >= 4 is 11.9 Å². The molecule has 0 unspecified atom stereocenters. The first kappa shape index (κ1) is 19.9. The van der Waals surface area contributed by atoms with E-state index in [1.165, 1.54) is 0 Å². The number of amides is 1. The van der Waals surface area contributed by atoms with E-state index in [0.29, 0.717) is 13.0 Å². The van der Waals surface area contributed by atoms with Crippen molar-refractivity contribution in [3.63, 3.8) is 0 Å². The van der Waals surface area contributed by atoms with Crippen LogP contribution in [0.3, 0.4) is 0 Å². The summed E-state index contributed by atoms with van der Waals surface area (Å²) in [6, 6.07) is 14.3. The summed E-state index contributed by atoms with van der Waals surface area (Å²) in [5, 5.41) is 12.2. The zero-order valence-electron chi connectivity index (χ0n) is 16.1. The molecule has 3 rings (SSSR count). The highest BCUT2D eigenvalue weighted by Gasteiger charge is 2.39. The molecule has 2 aromatic rings. The second-order valence-corrected chi connectivity index (χ2v) is 7.15. The molecule has 0 aromatic heterocycles. The summed E-state index contributed by atoms with van der Waals surface area (Å²) in [5.41, 5.74) is 1.82. The second-order valence-electron chi connectivity index (χ2n) is 7.15. The van der Waals surface area contributed by atoms with Crippen molar-refractivity contribution in [2.45, 2.75) is 37.8 Å². The Morgan fingerprint density at radius 2 is 1.93 bits per heavy atom. The lowest BCUT2D eigenvalue weighted by atomic mass is 9.98. The van der Waals surface area contributed by atoms with Gasteiger partial charge in [0.25, 0.3) is 5.91 Å². The second kappa shape index (κ2) is 8.44. The zero-order chi connectivity index (χ0) is 20.1. The molecule has 6 heteroatoms. The highest BCUT2D eigenvalue weighted by atomic mass is 16.5. The molecule has 1 saturated heterocycles. The summed E-state index contributed by atoms with van der Waals surface area (Å²) in [6.07, 6.45) is 1.59. The van der Waals surface area contributed by atoms with Crippen LogP contribution in [-0.2, 0) is 20.7 Å². The standard InChI is InChI=1S/C22H25NO5/c1-22(12-5-13-28-22)21(26)23-18(20(24)25)14-15-8-10-16(11-9-15)17-6-3-4-7-19(17)27-2/h3-4,6-11,18H,5,12-14H2,1-2H3,(H,23,26)(H,24,25)/t18-,22-/m1/s1. The van der Waals surface area contributed by atoms with Crippen molar-refractivity contribution in [3.8, 4) is 16.9 Å². The van der Waals surface area contributed by atoms with Gasteiger partial charge < -0.3 is 19.9 Å². The number of carbonyl (C=O) groups excluding carboxylic acids is 1. The topological polar surface area (TPSA) is 84.9 Å². The third-order valence-corrected chi connectivity index (χ3v) is 5.11. The number of hydrogen-bond donors (Lipinski definition) is 2. The van der Waals surface area contributed by atoms with Crippen LogP contribution >= 0.6 is 0 Å². The monoisotopic (exact) mass is 383 g/mol. The molecule has 0 aliphatic carbocycles. The first-order chi connectivity index (χ1) is 13.4. The summed E-state index contributed by atoms with van der Waals surface area (Å²) >= 11 is 0. The molecule has 1 amide bonds. The van der Waals surface area contributed by atoms with Crippen LogP contribution in [0.4, 0.5) is 0 Å². The molecular formula is C22H25NO5. The van der Waals surface area contributed by atoms with Crippen LogP contribution in [0.15, 0.2) is 48.5 Å². The lowest BCUT2D eigenvalue weighted by molar-refractivity contribution is -0.147. The number of carbonyl (C=O) groups is 2. The van der Waals surface area contributed by atoms with E-state index in [0.717, 1.165) is 28.9 Å². The van der Waals surface area contributed by atoms with Crippen LogP contribution in [0.5, 0.6) is 5.75 Å². The van der Waals surface area contributed by atoms with Gasteiger partial charge in [-0.2, -0.15) is 0 Å². The minimum Gasteiger partial charge on any atom is -0.496 e. The summed E-state index contributed by atoms with van der Waals surface area (Å²) in [5.74, 6) is -0.664. The first-order valence-corrected chi connectivity index (χ1v) is 9.33. The van der Waals surface area contributed by atoms with Crippen LogP contribution in [0.1, 0.15) is 25.3 Å². The Balaban J connectivity index is 1.72. The van der Waals surface area contributed by atoms with E-state index in [-0.39, 0.29) is 12.3 Å². The van der Waals surface area contributed by atoms with E-state index < -0.39 is 17.6 Å². The predicted octanol–water partition coefficient (Wildman–Crippen LogP) is 3.04. The summed E-state index contributed by atoms with van der Waals surface area (Å²) < 4.78 is 10.9. The van der Waals surface area contributed by atoms with Gasteiger partial charge in [-0.3, -0.25) is 4.79 Å². The van der Waals surface area contributed by atoms with Gasteiger partial charge in [-0.05, 0) is 37.0 Å². The van der Waals surface area contributed by atoms with Crippen LogP contribution < -0.4 is 10.1 Å². The van der Waals surface area contributed by atoms with E-state index in [4.69, 9.17) is 9.47 Å². The smallest absolute Gasteiger partial charge is 0.326 e. The number of hydrogen-bond acceptors (Lipinski definition) is 4. The van der Waals surface area contributed by atoms with Gasteiger partial charge in [0.2, 0.25) is 0 Å². The lowest BCUT2D eigenvalue weighted by Crippen LogP contribution is -2.51. The van der Waals surface area contributed by atoms with Crippen molar-refractivity contribution in [2.75, 3.05) is 13.7 Å². The number of carboxylic acid groups (broad SMARTS) is 1. The fraction of sp³-hybridized carbons (Fsp3) is 0.364. The molecule has 1 aliphatic rings. The zero-order valence-corrected chi connectivity index (χ0v) is 16.1. The Labute approximate surface area is 164 Å². The number of methoxy groups -OCH3 is 1. The number of ether oxygens (including phenoxy) is 2. The maximum Gasteiger partial charge on any atom is 0.326 e.